The van der Waals surface area contributed by atoms with Crippen LogP contribution in [0.2, 0.25) is 0 Å². The zero-order valence-electron chi connectivity index (χ0n) is 18.2. The summed E-state index contributed by atoms with van der Waals surface area (Å²) in [5, 5.41) is 0. The molecule has 0 unspecified atom stereocenters. The molecule has 8 heteroatoms. The van der Waals surface area contributed by atoms with Crippen LogP contribution in [-0.4, -0.2) is 49.4 Å². The second-order valence-corrected chi connectivity index (χ2v) is 9.60. The van der Waals surface area contributed by atoms with Gasteiger partial charge in [-0.3, -0.25) is 14.4 Å². The number of carbonyl (C=O) groups excluding carboxylic acids is 1. The van der Waals surface area contributed by atoms with E-state index in [1.165, 1.54) is 22.1 Å². The van der Waals surface area contributed by atoms with Crippen molar-refractivity contribution in [2.24, 2.45) is 4.99 Å². The SMILES string of the molecule is COc1ccc(/C=C/C(=O)n2ccccc2=NC(C)C)cc1S(=O)(=O)N1CCCCC1. The van der Waals surface area contributed by atoms with Crippen LogP contribution in [0.1, 0.15) is 43.5 Å². The first-order chi connectivity index (χ1) is 14.8. The first-order valence-electron chi connectivity index (χ1n) is 10.4. The number of pyridine rings is 1. The van der Waals surface area contributed by atoms with Gasteiger partial charge in [0.25, 0.3) is 5.91 Å². The van der Waals surface area contributed by atoms with Crippen LogP contribution in [-0.2, 0) is 10.0 Å². The molecule has 0 amide bonds. The maximum Gasteiger partial charge on any atom is 0.256 e. The molecule has 1 saturated heterocycles. The van der Waals surface area contributed by atoms with Gasteiger partial charge in [0.15, 0.2) is 0 Å². The van der Waals surface area contributed by atoms with E-state index in [1.807, 2.05) is 19.9 Å². The number of rotatable bonds is 6. The average molecular weight is 444 g/mol. The normalized spacial score (nSPS) is 16.2. The van der Waals surface area contributed by atoms with E-state index in [0.29, 0.717) is 29.9 Å². The molecule has 2 aromatic rings. The number of hydrogen-bond donors (Lipinski definition) is 0. The van der Waals surface area contributed by atoms with Gasteiger partial charge in [-0.05, 0) is 62.6 Å². The molecule has 3 rings (SSSR count). The Labute approximate surface area is 183 Å². The quantitative estimate of drug-likeness (QED) is 0.642. The number of benzene rings is 1. The maximum absolute atomic E-state index is 13.2. The van der Waals surface area contributed by atoms with E-state index in [0.717, 1.165) is 19.3 Å². The molecule has 7 nitrogen and oxygen atoms in total. The molecule has 166 valence electrons. The van der Waals surface area contributed by atoms with Crippen molar-refractivity contribution in [3.05, 3.63) is 59.7 Å². The van der Waals surface area contributed by atoms with Crippen LogP contribution < -0.4 is 10.2 Å². The molecular weight excluding hydrogens is 414 g/mol. The molecule has 0 aliphatic carbocycles. The van der Waals surface area contributed by atoms with Gasteiger partial charge in [-0.15, -0.1) is 0 Å². The van der Waals surface area contributed by atoms with E-state index in [9.17, 15) is 13.2 Å². The second-order valence-electron chi connectivity index (χ2n) is 7.70. The Morgan fingerprint density at radius 2 is 1.87 bits per heavy atom. The van der Waals surface area contributed by atoms with Crippen molar-refractivity contribution < 1.29 is 17.9 Å². The lowest BCUT2D eigenvalue weighted by Gasteiger charge is -2.26. The van der Waals surface area contributed by atoms with Gasteiger partial charge in [-0.1, -0.05) is 18.6 Å². The standard InChI is InChI=1S/C23H29N3O4S/c1-18(2)24-22-9-5-8-16-26(22)23(27)13-11-19-10-12-20(30-3)21(17-19)31(28,29)25-14-6-4-7-15-25/h5,8-13,16-18H,4,6-7,14-15H2,1-3H3/b13-11+,24-22?. The zero-order valence-corrected chi connectivity index (χ0v) is 19.0. The van der Waals surface area contributed by atoms with Gasteiger partial charge in [-0.2, -0.15) is 4.31 Å². The summed E-state index contributed by atoms with van der Waals surface area (Å²) in [5.74, 6) is 0.0285. The molecular formula is C23H29N3O4S. The summed E-state index contributed by atoms with van der Waals surface area (Å²) in [6.07, 6.45) is 7.43. The van der Waals surface area contributed by atoms with Crippen molar-refractivity contribution >= 4 is 22.0 Å². The summed E-state index contributed by atoms with van der Waals surface area (Å²) in [4.78, 5) is 17.3. The highest BCUT2D eigenvalue weighted by Gasteiger charge is 2.29. The fraction of sp³-hybridized carbons (Fsp3) is 0.391. The molecule has 1 fully saturated rings. The van der Waals surface area contributed by atoms with E-state index < -0.39 is 10.0 Å². The molecule has 0 N–H and O–H groups in total. The number of hydrogen-bond acceptors (Lipinski definition) is 5. The number of carbonyl (C=O) groups is 1. The molecule has 1 aliphatic heterocycles. The molecule has 0 spiro atoms. The molecule has 1 aromatic carbocycles. The smallest absolute Gasteiger partial charge is 0.256 e. The molecule has 31 heavy (non-hydrogen) atoms. The molecule has 0 saturated carbocycles. The Bertz CT molecular complexity index is 1130. The third-order valence-electron chi connectivity index (χ3n) is 5.01. The van der Waals surface area contributed by atoms with Gasteiger partial charge in [0.1, 0.15) is 16.1 Å². The van der Waals surface area contributed by atoms with Gasteiger partial charge in [0.2, 0.25) is 10.0 Å². The van der Waals surface area contributed by atoms with E-state index in [1.54, 1.807) is 42.6 Å². The largest absolute Gasteiger partial charge is 0.495 e. The second kappa shape index (κ2) is 10.1. The Kier molecular flexibility index (Phi) is 7.46. The van der Waals surface area contributed by atoms with Gasteiger partial charge >= 0.3 is 0 Å². The van der Waals surface area contributed by atoms with Gasteiger partial charge in [-0.25, -0.2) is 8.42 Å². The van der Waals surface area contributed by atoms with Crippen molar-refractivity contribution in [1.29, 1.82) is 0 Å². The molecule has 1 aliphatic rings. The van der Waals surface area contributed by atoms with Crippen LogP contribution >= 0.6 is 0 Å². The number of nitrogens with zero attached hydrogens (tertiary/aromatic N) is 3. The lowest BCUT2D eigenvalue weighted by molar-refractivity contribution is 0.0964. The molecule has 2 heterocycles. The third-order valence-corrected chi connectivity index (χ3v) is 6.92. The number of sulfonamides is 1. The van der Waals surface area contributed by atoms with Crippen molar-refractivity contribution in [2.45, 2.75) is 44.0 Å². The Balaban J connectivity index is 1.92. The van der Waals surface area contributed by atoms with E-state index in [4.69, 9.17) is 4.74 Å². The fourth-order valence-electron chi connectivity index (χ4n) is 3.48. The van der Waals surface area contributed by atoms with Crippen LogP contribution in [0.3, 0.4) is 0 Å². The van der Waals surface area contributed by atoms with E-state index in [2.05, 4.69) is 4.99 Å². The summed E-state index contributed by atoms with van der Waals surface area (Å²) < 4.78 is 34.6. The van der Waals surface area contributed by atoms with Gasteiger partial charge < -0.3 is 4.74 Å². The van der Waals surface area contributed by atoms with Gasteiger partial charge in [0.05, 0.1) is 7.11 Å². The fourth-order valence-corrected chi connectivity index (χ4v) is 5.19. The molecule has 0 atom stereocenters. The van der Waals surface area contributed by atoms with Crippen molar-refractivity contribution in [1.82, 2.24) is 8.87 Å². The highest BCUT2D eigenvalue weighted by atomic mass is 32.2. The highest BCUT2D eigenvalue weighted by Crippen LogP contribution is 2.30. The van der Waals surface area contributed by atoms with Crippen molar-refractivity contribution in [2.75, 3.05) is 20.2 Å². The first kappa shape index (κ1) is 23.0. The number of ether oxygens (including phenoxy) is 1. The number of allylic oxidation sites excluding steroid dienone is 1. The molecule has 1 aromatic heterocycles. The highest BCUT2D eigenvalue weighted by molar-refractivity contribution is 7.89. The van der Waals surface area contributed by atoms with E-state index >= 15 is 0 Å². The number of methoxy groups -OCH3 is 1. The summed E-state index contributed by atoms with van der Waals surface area (Å²) in [6.45, 7) is 4.91. The minimum Gasteiger partial charge on any atom is -0.495 e. The summed E-state index contributed by atoms with van der Waals surface area (Å²) in [6, 6.07) is 10.3. The monoisotopic (exact) mass is 443 g/mol. The van der Waals surface area contributed by atoms with Crippen LogP contribution in [0.15, 0.2) is 58.6 Å². The zero-order chi connectivity index (χ0) is 22.4. The molecule has 0 radical (unpaired) electrons. The predicted molar refractivity (Wildman–Crippen MR) is 120 cm³/mol. The first-order valence-corrected chi connectivity index (χ1v) is 11.9. The Morgan fingerprint density at radius 3 is 2.55 bits per heavy atom. The predicted octanol–water partition coefficient (Wildman–Crippen LogP) is 3.33. The minimum absolute atomic E-state index is 0.0505. The minimum atomic E-state index is -3.67. The van der Waals surface area contributed by atoms with Crippen LogP contribution in [0, 0.1) is 0 Å². The van der Waals surface area contributed by atoms with Crippen molar-refractivity contribution in [3.8, 4) is 5.75 Å². The third kappa shape index (κ3) is 5.51. The van der Waals surface area contributed by atoms with Gasteiger partial charge in [0, 0.05) is 31.4 Å². The topological polar surface area (TPSA) is 81.0 Å². The molecule has 0 bridgehead atoms. The number of piperidine rings is 1. The summed E-state index contributed by atoms with van der Waals surface area (Å²) >= 11 is 0. The maximum atomic E-state index is 13.2. The average Bonchev–Trinajstić information content (AvgIpc) is 2.78. The Morgan fingerprint density at radius 1 is 1.13 bits per heavy atom. The Hall–Kier alpha value is -2.71. The number of aromatic nitrogens is 1. The van der Waals surface area contributed by atoms with Crippen LogP contribution in [0.25, 0.3) is 6.08 Å². The lowest BCUT2D eigenvalue weighted by Crippen LogP contribution is -2.35. The summed E-state index contributed by atoms with van der Waals surface area (Å²) in [5.41, 5.74) is 1.17. The van der Waals surface area contributed by atoms with E-state index in [-0.39, 0.29) is 16.8 Å². The van der Waals surface area contributed by atoms with Crippen LogP contribution in [0.5, 0.6) is 5.75 Å². The van der Waals surface area contributed by atoms with Crippen LogP contribution in [0.4, 0.5) is 0 Å². The summed E-state index contributed by atoms with van der Waals surface area (Å²) in [7, 11) is -2.22. The van der Waals surface area contributed by atoms with Crippen molar-refractivity contribution in [3.63, 3.8) is 0 Å². The lowest BCUT2D eigenvalue weighted by atomic mass is 10.2.